The smallest absolute Gasteiger partial charge is 0.270 e. The third kappa shape index (κ3) is 3.64. The highest BCUT2D eigenvalue weighted by Crippen LogP contribution is 2.24. The molecule has 0 fully saturated rings. The molecule has 0 saturated heterocycles. The van der Waals surface area contributed by atoms with Gasteiger partial charge in [-0.05, 0) is 18.2 Å². The van der Waals surface area contributed by atoms with Crippen LogP contribution in [0.1, 0.15) is 16.1 Å². The van der Waals surface area contributed by atoms with Crippen LogP contribution in [-0.4, -0.2) is 40.9 Å². The normalized spacial score (nSPS) is 10.7. The number of nitrogens with one attached hydrogen (secondary N) is 1. The molecule has 0 bridgehead atoms. The minimum absolute atomic E-state index is 0.110. The lowest BCUT2D eigenvalue weighted by molar-refractivity contribution is -0.384. The highest BCUT2D eigenvalue weighted by atomic mass is 16.6. The predicted molar refractivity (Wildman–Crippen MR) is 98.7 cm³/mol. The number of benzene rings is 1. The van der Waals surface area contributed by atoms with E-state index in [1.165, 1.54) is 12.1 Å². The summed E-state index contributed by atoms with van der Waals surface area (Å²) >= 11 is 0. The van der Waals surface area contributed by atoms with Gasteiger partial charge in [-0.15, -0.1) is 0 Å². The van der Waals surface area contributed by atoms with Gasteiger partial charge in [0, 0.05) is 57.3 Å². The third-order valence-corrected chi connectivity index (χ3v) is 4.00. The van der Waals surface area contributed by atoms with Gasteiger partial charge in [0.2, 0.25) is 0 Å². The van der Waals surface area contributed by atoms with Crippen LogP contribution < -0.4 is 10.2 Å². The van der Waals surface area contributed by atoms with Crippen LogP contribution in [0.5, 0.6) is 0 Å². The Labute approximate surface area is 150 Å². The topological polar surface area (TPSA) is 92.8 Å². The highest BCUT2D eigenvalue weighted by molar-refractivity contribution is 6.00. The van der Waals surface area contributed by atoms with Crippen molar-refractivity contribution in [2.45, 2.75) is 6.42 Å². The van der Waals surface area contributed by atoms with Gasteiger partial charge >= 0.3 is 0 Å². The van der Waals surface area contributed by atoms with E-state index in [1.54, 1.807) is 25.1 Å². The van der Waals surface area contributed by atoms with Crippen LogP contribution in [0, 0.1) is 10.1 Å². The molecule has 0 spiro atoms. The van der Waals surface area contributed by atoms with Crippen molar-refractivity contribution in [3.8, 4) is 0 Å². The lowest BCUT2D eigenvalue weighted by atomic mass is 10.1. The minimum Gasteiger partial charge on any atom is -0.377 e. The number of pyridine rings is 1. The van der Waals surface area contributed by atoms with Crippen molar-refractivity contribution in [3.63, 3.8) is 0 Å². The SMILES string of the molecule is CN(C)c1ccc([N+](=O)[O-])cc1C(=O)NCCc1cn2ccccc2n1. The molecule has 2 heterocycles. The quantitative estimate of drug-likeness (QED) is 0.542. The minimum atomic E-state index is -0.507. The van der Waals surface area contributed by atoms with Gasteiger partial charge in [-0.2, -0.15) is 0 Å². The first kappa shape index (κ1) is 17.4. The van der Waals surface area contributed by atoms with Crippen LogP contribution in [0.25, 0.3) is 5.65 Å². The molecule has 0 aliphatic heterocycles. The Kier molecular flexibility index (Phi) is 4.83. The summed E-state index contributed by atoms with van der Waals surface area (Å²) < 4.78 is 1.92. The molecule has 8 heteroatoms. The number of aromatic nitrogens is 2. The molecule has 0 radical (unpaired) electrons. The van der Waals surface area contributed by atoms with Crippen molar-refractivity contribution in [1.29, 1.82) is 0 Å². The molecule has 1 N–H and O–H groups in total. The molecular formula is C18H19N5O3. The average molecular weight is 353 g/mol. The van der Waals surface area contributed by atoms with Crippen LogP contribution in [0.3, 0.4) is 0 Å². The molecule has 2 aromatic heterocycles. The number of nitro benzene ring substituents is 1. The standard InChI is InChI=1S/C18H19N5O3/c1-21(2)16-7-6-14(23(25)26)11-15(16)18(24)19-9-8-13-12-22-10-4-3-5-17(22)20-13/h3-7,10-12H,8-9H2,1-2H3,(H,19,24). The molecule has 8 nitrogen and oxygen atoms in total. The molecule has 0 aliphatic rings. The van der Waals surface area contributed by atoms with Crippen LogP contribution >= 0.6 is 0 Å². The number of rotatable bonds is 6. The summed E-state index contributed by atoms with van der Waals surface area (Å²) in [7, 11) is 3.57. The lowest BCUT2D eigenvalue weighted by Gasteiger charge is -2.16. The van der Waals surface area contributed by atoms with E-state index in [0.717, 1.165) is 11.3 Å². The number of nitro groups is 1. The maximum atomic E-state index is 12.5. The largest absolute Gasteiger partial charge is 0.377 e. The van der Waals surface area contributed by atoms with Crippen molar-refractivity contribution >= 4 is 22.9 Å². The zero-order chi connectivity index (χ0) is 18.7. The number of imidazole rings is 1. The number of carbonyl (C=O) groups is 1. The molecule has 1 amide bonds. The summed E-state index contributed by atoms with van der Waals surface area (Å²) in [6.07, 6.45) is 4.40. The Bertz CT molecular complexity index is 931. The highest BCUT2D eigenvalue weighted by Gasteiger charge is 2.17. The second-order valence-electron chi connectivity index (χ2n) is 6.06. The maximum Gasteiger partial charge on any atom is 0.270 e. The van der Waals surface area contributed by atoms with Gasteiger partial charge in [0.15, 0.2) is 0 Å². The number of hydrogen-bond acceptors (Lipinski definition) is 5. The first-order valence-electron chi connectivity index (χ1n) is 8.12. The van der Waals surface area contributed by atoms with Crippen molar-refractivity contribution in [2.24, 2.45) is 0 Å². The van der Waals surface area contributed by atoms with E-state index in [2.05, 4.69) is 10.3 Å². The van der Waals surface area contributed by atoms with Gasteiger partial charge in [0.1, 0.15) is 5.65 Å². The zero-order valence-corrected chi connectivity index (χ0v) is 14.5. The second kappa shape index (κ2) is 7.22. The van der Waals surface area contributed by atoms with E-state index in [9.17, 15) is 14.9 Å². The summed E-state index contributed by atoms with van der Waals surface area (Å²) in [5.41, 5.74) is 2.51. The summed E-state index contributed by atoms with van der Waals surface area (Å²) in [4.78, 5) is 29.2. The van der Waals surface area contributed by atoms with Crippen LogP contribution in [0.15, 0.2) is 48.8 Å². The molecule has 0 saturated carbocycles. The first-order chi connectivity index (χ1) is 12.5. The molecule has 3 rings (SSSR count). The fraction of sp³-hybridized carbons (Fsp3) is 0.222. The van der Waals surface area contributed by atoms with Crippen molar-refractivity contribution in [1.82, 2.24) is 14.7 Å². The Morgan fingerprint density at radius 2 is 2.12 bits per heavy atom. The van der Waals surface area contributed by atoms with Crippen molar-refractivity contribution < 1.29 is 9.72 Å². The summed E-state index contributed by atoms with van der Waals surface area (Å²) in [5.74, 6) is -0.346. The van der Waals surface area contributed by atoms with Crippen molar-refractivity contribution in [2.75, 3.05) is 25.5 Å². The molecule has 26 heavy (non-hydrogen) atoms. The van der Waals surface area contributed by atoms with Gasteiger partial charge < -0.3 is 14.6 Å². The number of fused-ring (bicyclic) bond motifs is 1. The third-order valence-electron chi connectivity index (χ3n) is 4.00. The predicted octanol–water partition coefficient (Wildman–Crippen LogP) is 2.28. The zero-order valence-electron chi connectivity index (χ0n) is 14.5. The van der Waals surface area contributed by atoms with E-state index in [4.69, 9.17) is 0 Å². The fourth-order valence-corrected chi connectivity index (χ4v) is 2.72. The average Bonchev–Trinajstić information content (AvgIpc) is 3.03. The summed E-state index contributed by atoms with van der Waals surface area (Å²) in [5, 5.41) is 13.8. The van der Waals surface area contributed by atoms with Gasteiger partial charge in [-0.25, -0.2) is 4.98 Å². The van der Waals surface area contributed by atoms with E-state index in [1.807, 2.05) is 35.0 Å². The Hall–Kier alpha value is -3.42. The molecule has 3 aromatic rings. The molecule has 0 atom stereocenters. The number of nitrogens with zero attached hydrogens (tertiary/aromatic N) is 4. The van der Waals surface area contributed by atoms with Gasteiger partial charge in [0.05, 0.1) is 16.2 Å². The Morgan fingerprint density at radius 1 is 1.31 bits per heavy atom. The molecule has 134 valence electrons. The van der Waals surface area contributed by atoms with E-state index in [0.29, 0.717) is 18.7 Å². The van der Waals surface area contributed by atoms with Gasteiger partial charge in [-0.3, -0.25) is 14.9 Å². The van der Waals surface area contributed by atoms with Crippen LogP contribution in [0.2, 0.25) is 0 Å². The van der Waals surface area contributed by atoms with E-state index < -0.39 is 4.92 Å². The number of hydrogen-bond donors (Lipinski definition) is 1. The van der Waals surface area contributed by atoms with Gasteiger partial charge in [0.25, 0.3) is 11.6 Å². The van der Waals surface area contributed by atoms with Crippen LogP contribution in [0.4, 0.5) is 11.4 Å². The molecule has 1 aromatic carbocycles. The monoisotopic (exact) mass is 353 g/mol. The fourth-order valence-electron chi connectivity index (χ4n) is 2.72. The van der Waals surface area contributed by atoms with E-state index >= 15 is 0 Å². The summed E-state index contributed by atoms with van der Waals surface area (Å²) in [6, 6.07) is 10.0. The Balaban J connectivity index is 1.71. The maximum absolute atomic E-state index is 12.5. The number of amides is 1. The molecule has 0 aliphatic carbocycles. The van der Waals surface area contributed by atoms with E-state index in [-0.39, 0.29) is 17.2 Å². The lowest BCUT2D eigenvalue weighted by Crippen LogP contribution is -2.27. The van der Waals surface area contributed by atoms with Crippen LogP contribution in [-0.2, 0) is 6.42 Å². The van der Waals surface area contributed by atoms with Crippen molar-refractivity contribution in [3.05, 3.63) is 70.2 Å². The second-order valence-corrected chi connectivity index (χ2v) is 6.06. The summed E-state index contributed by atoms with van der Waals surface area (Å²) in [6.45, 7) is 0.387. The molecule has 0 unspecified atom stereocenters. The Morgan fingerprint density at radius 3 is 2.81 bits per heavy atom. The number of non-ortho nitro benzene ring substituents is 1. The number of carbonyl (C=O) groups excluding carboxylic acids is 1. The van der Waals surface area contributed by atoms with Gasteiger partial charge in [-0.1, -0.05) is 6.07 Å². The number of anilines is 1. The first-order valence-corrected chi connectivity index (χ1v) is 8.12. The molecular weight excluding hydrogens is 334 g/mol.